The first-order chi connectivity index (χ1) is 11.3. The molecule has 1 aliphatic heterocycles. The van der Waals surface area contributed by atoms with Crippen LogP contribution in [0, 0.1) is 0 Å². The maximum atomic E-state index is 11.5. The zero-order valence-corrected chi connectivity index (χ0v) is 13.0. The van der Waals surface area contributed by atoms with Crippen LogP contribution in [-0.4, -0.2) is 26.0 Å². The van der Waals surface area contributed by atoms with Gasteiger partial charge in [-0.1, -0.05) is 36.8 Å². The number of hydrogen-bond donors (Lipinski definition) is 1. The third kappa shape index (κ3) is 2.92. The van der Waals surface area contributed by atoms with Crippen LogP contribution in [0.1, 0.15) is 36.6 Å². The van der Waals surface area contributed by atoms with Gasteiger partial charge in [-0.2, -0.15) is 5.10 Å². The van der Waals surface area contributed by atoms with Crippen molar-refractivity contribution in [1.82, 2.24) is 19.5 Å². The number of hydrogen-bond acceptors (Lipinski definition) is 3. The number of benzene rings is 1. The van der Waals surface area contributed by atoms with Gasteiger partial charge in [-0.25, -0.2) is 4.52 Å². The number of aromatic amines is 1. The third-order valence-electron chi connectivity index (χ3n) is 4.56. The molecule has 0 aliphatic carbocycles. The Morgan fingerprint density at radius 2 is 2.04 bits per heavy atom. The van der Waals surface area contributed by atoms with Gasteiger partial charge in [-0.15, -0.1) is 0 Å². The van der Waals surface area contributed by atoms with Crippen LogP contribution < -0.4 is 5.56 Å². The van der Waals surface area contributed by atoms with E-state index in [9.17, 15) is 4.79 Å². The van der Waals surface area contributed by atoms with E-state index < -0.39 is 0 Å². The van der Waals surface area contributed by atoms with Gasteiger partial charge in [-0.3, -0.25) is 9.69 Å². The maximum absolute atomic E-state index is 11.5. The second kappa shape index (κ2) is 6.01. The first-order valence-corrected chi connectivity index (χ1v) is 8.16. The van der Waals surface area contributed by atoms with E-state index in [0.717, 1.165) is 30.9 Å². The van der Waals surface area contributed by atoms with E-state index in [2.05, 4.69) is 45.3 Å². The Morgan fingerprint density at radius 1 is 1.17 bits per heavy atom. The van der Waals surface area contributed by atoms with Crippen molar-refractivity contribution < 1.29 is 0 Å². The molecule has 0 saturated carbocycles. The van der Waals surface area contributed by atoms with E-state index in [4.69, 9.17) is 0 Å². The van der Waals surface area contributed by atoms with Crippen LogP contribution in [0.5, 0.6) is 0 Å². The fourth-order valence-corrected chi connectivity index (χ4v) is 3.42. The molecule has 3 heterocycles. The molecule has 1 aromatic carbocycles. The number of H-pyrrole nitrogens is 1. The summed E-state index contributed by atoms with van der Waals surface area (Å²) >= 11 is 0. The van der Waals surface area contributed by atoms with Crippen LogP contribution in [0.15, 0.2) is 53.5 Å². The Hall–Kier alpha value is -2.40. The number of rotatable bonds is 3. The second-order valence-corrected chi connectivity index (χ2v) is 6.17. The number of fused-ring (bicyclic) bond motifs is 1. The minimum atomic E-state index is -0.0891. The zero-order chi connectivity index (χ0) is 15.6. The lowest BCUT2D eigenvalue weighted by Gasteiger charge is -2.34. The monoisotopic (exact) mass is 308 g/mol. The van der Waals surface area contributed by atoms with Crippen LogP contribution in [0.2, 0.25) is 0 Å². The van der Waals surface area contributed by atoms with Gasteiger partial charge in [0.1, 0.15) is 5.65 Å². The fourth-order valence-electron chi connectivity index (χ4n) is 3.42. The second-order valence-electron chi connectivity index (χ2n) is 6.17. The van der Waals surface area contributed by atoms with Crippen LogP contribution in [-0.2, 0) is 6.54 Å². The number of aromatic nitrogens is 3. The van der Waals surface area contributed by atoms with Crippen LogP contribution in [0.4, 0.5) is 0 Å². The van der Waals surface area contributed by atoms with Gasteiger partial charge >= 0.3 is 0 Å². The number of nitrogens with one attached hydrogen (secondary N) is 1. The lowest BCUT2D eigenvalue weighted by Crippen LogP contribution is -2.33. The van der Waals surface area contributed by atoms with Crippen molar-refractivity contribution in [3.63, 3.8) is 0 Å². The average Bonchev–Trinajstić information content (AvgIpc) is 2.99. The number of piperidine rings is 1. The summed E-state index contributed by atoms with van der Waals surface area (Å²) in [4.78, 5) is 16.8. The minimum absolute atomic E-state index is 0.0891. The summed E-state index contributed by atoms with van der Waals surface area (Å²) in [5, 5.41) is 4.67. The van der Waals surface area contributed by atoms with Crippen molar-refractivity contribution >= 4 is 5.65 Å². The predicted molar refractivity (Wildman–Crippen MR) is 89.3 cm³/mol. The molecule has 0 radical (unpaired) electrons. The van der Waals surface area contributed by atoms with Gasteiger partial charge in [-0.05, 0) is 24.9 Å². The highest BCUT2D eigenvalue weighted by molar-refractivity contribution is 5.39. The highest BCUT2D eigenvalue weighted by Gasteiger charge is 2.26. The quantitative estimate of drug-likeness (QED) is 0.809. The molecule has 23 heavy (non-hydrogen) atoms. The summed E-state index contributed by atoms with van der Waals surface area (Å²) in [6.07, 6.45) is 5.29. The molecule has 4 rings (SSSR count). The van der Waals surface area contributed by atoms with E-state index in [1.807, 2.05) is 6.07 Å². The molecule has 1 atom stereocenters. The van der Waals surface area contributed by atoms with Gasteiger partial charge in [0.15, 0.2) is 0 Å². The minimum Gasteiger partial charge on any atom is -0.307 e. The van der Waals surface area contributed by atoms with Crippen molar-refractivity contribution in [2.45, 2.75) is 31.8 Å². The Balaban J connectivity index is 1.64. The van der Waals surface area contributed by atoms with Crippen LogP contribution in [0.25, 0.3) is 5.65 Å². The van der Waals surface area contributed by atoms with Crippen molar-refractivity contribution in [3.8, 4) is 0 Å². The molecular weight excluding hydrogens is 288 g/mol. The van der Waals surface area contributed by atoms with E-state index in [-0.39, 0.29) is 5.56 Å². The topological polar surface area (TPSA) is 53.4 Å². The molecule has 2 aromatic heterocycles. The highest BCUT2D eigenvalue weighted by atomic mass is 16.1. The molecule has 1 N–H and O–H groups in total. The lowest BCUT2D eigenvalue weighted by molar-refractivity contribution is 0.137. The van der Waals surface area contributed by atoms with E-state index in [0.29, 0.717) is 6.04 Å². The molecule has 5 heteroatoms. The molecule has 0 unspecified atom stereocenters. The SMILES string of the molecule is O=c1ccn2nc([C@@H]3CCCCN3Cc3ccccc3)cc2[nH]1. The van der Waals surface area contributed by atoms with Crippen molar-refractivity contribution in [3.05, 3.63) is 70.3 Å². The van der Waals surface area contributed by atoms with Gasteiger partial charge in [0.25, 0.3) is 5.56 Å². The molecule has 118 valence electrons. The fraction of sp³-hybridized carbons (Fsp3) is 0.333. The lowest BCUT2D eigenvalue weighted by atomic mass is 9.98. The molecule has 5 nitrogen and oxygen atoms in total. The molecule has 1 fully saturated rings. The van der Waals surface area contributed by atoms with Crippen molar-refractivity contribution in [2.24, 2.45) is 0 Å². The summed E-state index contributed by atoms with van der Waals surface area (Å²) in [7, 11) is 0. The molecule has 3 aromatic rings. The van der Waals surface area contributed by atoms with E-state index >= 15 is 0 Å². The maximum Gasteiger partial charge on any atom is 0.251 e. The first kappa shape index (κ1) is 14.2. The molecule has 0 spiro atoms. The Labute approximate surface area is 134 Å². The van der Waals surface area contributed by atoms with Gasteiger partial charge in [0.2, 0.25) is 0 Å². The smallest absolute Gasteiger partial charge is 0.251 e. The summed E-state index contributed by atoms with van der Waals surface area (Å²) in [5.74, 6) is 0. The van der Waals surface area contributed by atoms with E-state index in [1.54, 1.807) is 10.7 Å². The summed E-state index contributed by atoms with van der Waals surface area (Å²) in [6.45, 7) is 2.03. The Bertz CT molecular complexity index is 852. The van der Waals surface area contributed by atoms with E-state index in [1.165, 1.54) is 24.5 Å². The molecular formula is C18H20N4O. The Kier molecular flexibility index (Phi) is 3.71. The number of nitrogens with zero attached hydrogens (tertiary/aromatic N) is 3. The first-order valence-electron chi connectivity index (χ1n) is 8.16. The normalized spacial score (nSPS) is 19.2. The summed E-state index contributed by atoms with van der Waals surface area (Å²) in [5.41, 5.74) is 3.05. The van der Waals surface area contributed by atoms with Gasteiger partial charge < -0.3 is 4.98 Å². The Morgan fingerprint density at radius 3 is 2.91 bits per heavy atom. The van der Waals surface area contributed by atoms with Gasteiger partial charge in [0, 0.05) is 24.9 Å². The standard InChI is InChI=1S/C18H20N4O/c23-18-9-11-22-17(19-18)12-15(20-22)16-8-4-5-10-21(16)13-14-6-2-1-3-7-14/h1-3,6-7,9,11-12,16H,4-5,8,10,13H2,(H,19,23)/t16-/m0/s1. The summed E-state index contributed by atoms with van der Waals surface area (Å²) in [6, 6.07) is 14.4. The largest absolute Gasteiger partial charge is 0.307 e. The van der Waals surface area contributed by atoms with Crippen LogP contribution in [0.3, 0.4) is 0 Å². The van der Waals surface area contributed by atoms with Crippen molar-refractivity contribution in [2.75, 3.05) is 6.54 Å². The predicted octanol–water partition coefficient (Wildman–Crippen LogP) is 2.75. The molecule has 1 saturated heterocycles. The third-order valence-corrected chi connectivity index (χ3v) is 4.56. The van der Waals surface area contributed by atoms with Gasteiger partial charge in [0.05, 0.1) is 11.7 Å². The number of likely N-dealkylation sites (tertiary alicyclic amines) is 1. The molecule has 0 bridgehead atoms. The van der Waals surface area contributed by atoms with Crippen molar-refractivity contribution in [1.29, 1.82) is 0 Å². The zero-order valence-electron chi connectivity index (χ0n) is 13.0. The van der Waals surface area contributed by atoms with Crippen LogP contribution >= 0.6 is 0 Å². The molecule has 1 aliphatic rings. The molecule has 0 amide bonds. The highest BCUT2D eigenvalue weighted by Crippen LogP contribution is 2.31. The summed E-state index contributed by atoms with van der Waals surface area (Å²) < 4.78 is 1.76. The average molecular weight is 308 g/mol.